The van der Waals surface area contributed by atoms with E-state index in [1.807, 2.05) is 19.1 Å². The molecule has 1 aromatic rings. The zero-order valence-electron chi connectivity index (χ0n) is 9.93. The van der Waals surface area contributed by atoms with E-state index in [4.69, 9.17) is 11.1 Å². The van der Waals surface area contributed by atoms with Crippen LogP contribution in [0.15, 0.2) is 18.3 Å². The molecule has 0 radical (unpaired) electrons. The van der Waals surface area contributed by atoms with Crippen LogP contribution in [0.1, 0.15) is 19.0 Å². The smallest absolute Gasteiger partial charge is 0.143 e. The summed E-state index contributed by atoms with van der Waals surface area (Å²) in [6.45, 7) is 3.57. The molecule has 2 unspecified atom stereocenters. The fraction of sp³-hybridized carbons (Fsp3) is 0.500. The van der Waals surface area contributed by atoms with Crippen LogP contribution in [0, 0.1) is 11.3 Å². The van der Waals surface area contributed by atoms with Crippen molar-refractivity contribution in [2.75, 3.05) is 18.0 Å². The van der Waals surface area contributed by atoms with E-state index < -0.39 is 0 Å². The third kappa shape index (κ3) is 2.39. The number of nitrogens with zero attached hydrogens (tertiary/aromatic N) is 2. The van der Waals surface area contributed by atoms with Gasteiger partial charge in [-0.1, -0.05) is 6.92 Å². The first-order valence-corrected chi connectivity index (χ1v) is 5.82. The second-order valence-electron chi connectivity index (χ2n) is 4.56. The van der Waals surface area contributed by atoms with Crippen LogP contribution in [0.2, 0.25) is 0 Å². The van der Waals surface area contributed by atoms with Gasteiger partial charge in [-0.05, 0) is 24.5 Å². The minimum atomic E-state index is -0.233. The normalized spacial score (nSPS) is 24.7. The number of nitrogens with two attached hydrogens (primary N) is 1. The van der Waals surface area contributed by atoms with Gasteiger partial charge in [0.05, 0.1) is 11.8 Å². The molecule has 0 aromatic carbocycles. The van der Waals surface area contributed by atoms with Crippen molar-refractivity contribution in [3.8, 4) is 0 Å². The fourth-order valence-corrected chi connectivity index (χ4v) is 2.21. The van der Waals surface area contributed by atoms with Crippen molar-refractivity contribution in [2.45, 2.75) is 19.4 Å². The Morgan fingerprint density at radius 2 is 2.41 bits per heavy atom. The molecule has 17 heavy (non-hydrogen) atoms. The largest absolute Gasteiger partial charge is 0.393 e. The number of aliphatic hydroxyl groups excluding tert-OH is 1. The molecule has 1 aliphatic heterocycles. The molecule has 2 heterocycles. The number of amidine groups is 1. The van der Waals surface area contributed by atoms with Crippen LogP contribution in [0.25, 0.3) is 0 Å². The fourth-order valence-electron chi connectivity index (χ4n) is 2.21. The molecule has 1 saturated heterocycles. The van der Waals surface area contributed by atoms with E-state index in [-0.39, 0.29) is 17.9 Å². The number of nitrogen functional groups attached to an aromatic ring is 1. The molecule has 0 amide bonds. The van der Waals surface area contributed by atoms with Crippen molar-refractivity contribution in [3.05, 3.63) is 24.0 Å². The van der Waals surface area contributed by atoms with Crippen molar-refractivity contribution in [3.63, 3.8) is 0 Å². The molecular formula is C12H18N4O. The number of hydrogen-bond donors (Lipinski definition) is 3. The number of aromatic nitrogens is 1. The highest BCUT2D eigenvalue weighted by atomic mass is 16.3. The summed E-state index contributed by atoms with van der Waals surface area (Å²) >= 11 is 0. The van der Waals surface area contributed by atoms with Crippen LogP contribution in [0.4, 0.5) is 5.69 Å². The summed E-state index contributed by atoms with van der Waals surface area (Å²) in [5.74, 6) is 0.211. The molecule has 0 saturated carbocycles. The van der Waals surface area contributed by atoms with Gasteiger partial charge < -0.3 is 15.7 Å². The maximum Gasteiger partial charge on any atom is 0.143 e. The van der Waals surface area contributed by atoms with Crippen molar-refractivity contribution in [2.24, 2.45) is 11.7 Å². The van der Waals surface area contributed by atoms with Crippen LogP contribution < -0.4 is 10.6 Å². The lowest BCUT2D eigenvalue weighted by Gasteiger charge is -2.36. The summed E-state index contributed by atoms with van der Waals surface area (Å²) in [6, 6.07) is 3.77. The van der Waals surface area contributed by atoms with Crippen LogP contribution in [-0.4, -0.2) is 35.1 Å². The standard InChI is InChI=1S/C12H18N4O/c1-8-7-16(6-4-10(8)17)9-3-2-5-15-11(9)12(13)14/h2-3,5,8,10,17H,4,6-7H2,1H3,(H3,13,14). The maximum atomic E-state index is 9.71. The Kier molecular flexibility index (Phi) is 3.28. The molecule has 2 rings (SSSR count). The van der Waals surface area contributed by atoms with Crippen LogP contribution in [0.5, 0.6) is 0 Å². The summed E-state index contributed by atoms with van der Waals surface area (Å²) in [4.78, 5) is 6.28. The number of rotatable bonds is 2. The molecule has 0 aliphatic carbocycles. The highest BCUT2D eigenvalue weighted by Gasteiger charge is 2.26. The Hall–Kier alpha value is -1.62. The number of pyridine rings is 1. The van der Waals surface area contributed by atoms with Crippen molar-refractivity contribution in [1.29, 1.82) is 5.41 Å². The van der Waals surface area contributed by atoms with Crippen LogP contribution >= 0.6 is 0 Å². The number of anilines is 1. The summed E-state index contributed by atoms with van der Waals surface area (Å²) in [7, 11) is 0. The number of aliphatic hydroxyl groups is 1. The van der Waals surface area contributed by atoms with E-state index in [0.29, 0.717) is 5.69 Å². The Balaban J connectivity index is 2.25. The van der Waals surface area contributed by atoms with E-state index in [2.05, 4.69) is 9.88 Å². The topological polar surface area (TPSA) is 86.2 Å². The Morgan fingerprint density at radius 1 is 1.65 bits per heavy atom. The van der Waals surface area contributed by atoms with E-state index in [1.54, 1.807) is 6.20 Å². The van der Waals surface area contributed by atoms with Crippen LogP contribution in [-0.2, 0) is 0 Å². The summed E-state index contributed by atoms with van der Waals surface area (Å²) in [5.41, 5.74) is 6.94. The number of piperidine rings is 1. The molecule has 2 atom stereocenters. The van der Waals surface area contributed by atoms with Gasteiger partial charge >= 0.3 is 0 Å². The second kappa shape index (κ2) is 4.71. The van der Waals surface area contributed by atoms with E-state index in [9.17, 15) is 5.11 Å². The molecule has 1 aliphatic rings. The Labute approximate surface area is 101 Å². The van der Waals surface area contributed by atoms with Gasteiger partial charge in [-0.2, -0.15) is 0 Å². The molecule has 1 aromatic heterocycles. The SMILES string of the molecule is CC1CN(c2cccnc2C(=N)N)CCC1O. The lowest BCUT2D eigenvalue weighted by atomic mass is 9.96. The summed E-state index contributed by atoms with van der Waals surface area (Å²) < 4.78 is 0. The first kappa shape index (κ1) is 11.9. The van der Waals surface area contributed by atoms with E-state index in [0.717, 1.165) is 25.2 Å². The van der Waals surface area contributed by atoms with Gasteiger partial charge in [-0.3, -0.25) is 10.4 Å². The zero-order valence-corrected chi connectivity index (χ0v) is 9.93. The molecule has 92 valence electrons. The predicted octanol–water partition coefficient (Wildman–Crippen LogP) is 0.573. The van der Waals surface area contributed by atoms with E-state index in [1.165, 1.54) is 0 Å². The van der Waals surface area contributed by atoms with Gasteiger partial charge in [0.2, 0.25) is 0 Å². The van der Waals surface area contributed by atoms with Crippen molar-refractivity contribution >= 4 is 11.5 Å². The summed E-state index contributed by atoms with van der Waals surface area (Å²) in [5, 5.41) is 17.2. The molecular weight excluding hydrogens is 216 g/mol. The summed E-state index contributed by atoms with van der Waals surface area (Å²) in [6.07, 6.45) is 2.15. The van der Waals surface area contributed by atoms with Crippen molar-refractivity contribution < 1.29 is 5.11 Å². The Bertz CT molecular complexity index is 421. The van der Waals surface area contributed by atoms with Gasteiger partial charge in [-0.15, -0.1) is 0 Å². The third-order valence-electron chi connectivity index (χ3n) is 3.24. The van der Waals surface area contributed by atoms with Gasteiger partial charge in [0, 0.05) is 19.3 Å². The monoisotopic (exact) mass is 234 g/mol. The van der Waals surface area contributed by atoms with Gasteiger partial charge in [0.1, 0.15) is 11.5 Å². The molecule has 5 heteroatoms. The van der Waals surface area contributed by atoms with Gasteiger partial charge in [0.25, 0.3) is 0 Å². The maximum absolute atomic E-state index is 9.71. The molecule has 4 N–H and O–H groups in total. The molecule has 5 nitrogen and oxygen atoms in total. The minimum Gasteiger partial charge on any atom is -0.393 e. The molecule has 0 bridgehead atoms. The average molecular weight is 234 g/mol. The lowest BCUT2D eigenvalue weighted by Crippen LogP contribution is -2.42. The highest BCUT2D eigenvalue weighted by molar-refractivity contribution is 5.98. The first-order valence-electron chi connectivity index (χ1n) is 5.82. The minimum absolute atomic E-state index is 0.0145. The number of hydrogen-bond acceptors (Lipinski definition) is 4. The molecule has 1 fully saturated rings. The highest BCUT2D eigenvalue weighted by Crippen LogP contribution is 2.25. The van der Waals surface area contributed by atoms with Gasteiger partial charge in [-0.25, -0.2) is 0 Å². The average Bonchev–Trinajstić information content (AvgIpc) is 2.32. The van der Waals surface area contributed by atoms with E-state index >= 15 is 0 Å². The molecule has 0 spiro atoms. The Morgan fingerprint density at radius 3 is 3.06 bits per heavy atom. The second-order valence-corrected chi connectivity index (χ2v) is 4.56. The third-order valence-corrected chi connectivity index (χ3v) is 3.24. The quantitative estimate of drug-likeness (QED) is 0.516. The first-order chi connectivity index (χ1) is 8.09. The zero-order chi connectivity index (χ0) is 12.4. The lowest BCUT2D eigenvalue weighted by molar-refractivity contribution is 0.0971. The van der Waals surface area contributed by atoms with Crippen LogP contribution in [0.3, 0.4) is 0 Å². The van der Waals surface area contributed by atoms with Crippen molar-refractivity contribution in [1.82, 2.24) is 4.98 Å². The predicted molar refractivity (Wildman–Crippen MR) is 67.3 cm³/mol. The number of nitrogens with one attached hydrogen (secondary N) is 1. The van der Waals surface area contributed by atoms with Gasteiger partial charge in [0.15, 0.2) is 0 Å².